The number of ether oxygens (including phenoxy) is 1. The van der Waals surface area contributed by atoms with Crippen LogP contribution in [0.5, 0.6) is 5.75 Å². The lowest BCUT2D eigenvalue weighted by Gasteiger charge is -2.07. The SMILES string of the molecule is CC.COc1ccc(-c2cccc3ccccc23)cc1. The van der Waals surface area contributed by atoms with Gasteiger partial charge in [0.1, 0.15) is 5.75 Å². The second kappa shape index (κ2) is 6.76. The van der Waals surface area contributed by atoms with Crippen molar-refractivity contribution in [2.24, 2.45) is 0 Å². The lowest BCUT2D eigenvalue weighted by molar-refractivity contribution is 0.415. The van der Waals surface area contributed by atoms with Gasteiger partial charge >= 0.3 is 0 Å². The van der Waals surface area contributed by atoms with E-state index < -0.39 is 0 Å². The Bertz CT molecular complexity index is 663. The highest BCUT2D eigenvalue weighted by Gasteiger charge is 2.02. The number of methoxy groups -OCH3 is 1. The molecule has 3 aromatic rings. The van der Waals surface area contributed by atoms with Crippen molar-refractivity contribution in [3.05, 3.63) is 66.7 Å². The lowest BCUT2D eigenvalue weighted by atomic mass is 9.98. The summed E-state index contributed by atoms with van der Waals surface area (Å²) in [6.07, 6.45) is 0. The minimum Gasteiger partial charge on any atom is -0.497 e. The van der Waals surface area contributed by atoms with E-state index in [9.17, 15) is 0 Å². The van der Waals surface area contributed by atoms with Crippen molar-refractivity contribution in [2.75, 3.05) is 7.11 Å². The first-order valence-electron chi connectivity index (χ1n) is 7.01. The Kier molecular flexibility index (Phi) is 4.78. The Morgan fingerprint density at radius 2 is 1.35 bits per heavy atom. The highest BCUT2D eigenvalue weighted by atomic mass is 16.5. The molecular weight excluding hydrogens is 244 g/mol. The van der Waals surface area contributed by atoms with Gasteiger partial charge in [0.2, 0.25) is 0 Å². The molecule has 0 heterocycles. The molecule has 20 heavy (non-hydrogen) atoms. The van der Waals surface area contributed by atoms with Crippen molar-refractivity contribution >= 4 is 10.8 Å². The van der Waals surface area contributed by atoms with Crippen molar-refractivity contribution in [2.45, 2.75) is 13.8 Å². The molecule has 0 radical (unpaired) electrons. The van der Waals surface area contributed by atoms with Crippen LogP contribution >= 0.6 is 0 Å². The van der Waals surface area contributed by atoms with Crippen LogP contribution in [0.4, 0.5) is 0 Å². The molecule has 0 aliphatic rings. The predicted octanol–water partition coefficient (Wildman–Crippen LogP) is 5.54. The smallest absolute Gasteiger partial charge is 0.118 e. The Morgan fingerprint density at radius 1 is 0.700 bits per heavy atom. The predicted molar refractivity (Wildman–Crippen MR) is 87.3 cm³/mol. The highest BCUT2D eigenvalue weighted by molar-refractivity contribution is 5.96. The molecule has 0 fully saturated rings. The van der Waals surface area contributed by atoms with Crippen molar-refractivity contribution in [1.29, 1.82) is 0 Å². The molecule has 0 unspecified atom stereocenters. The van der Waals surface area contributed by atoms with E-state index in [0.29, 0.717) is 0 Å². The molecule has 3 aromatic carbocycles. The van der Waals surface area contributed by atoms with Crippen LogP contribution < -0.4 is 4.74 Å². The monoisotopic (exact) mass is 264 g/mol. The topological polar surface area (TPSA) is 9.23 Å². The maximum absolute atomic E-state index is 5.19. The summed E-state index contributed by atoms with van der Waals surface area (Å²) in [5, 5.41) is 2.55. The van der Waals surface area contributed by atoms with E-state index in [2.05, 4.69) is 54.6 Å². The summed E-state index contributed by atoms with van der Waals surface area (Å²) in [5.41, 5.74) is 2.48. The van der Waals surface area contributed by atoms with E-state index in [1.54, 1.807) is 7.11 Å². The fourth-order valence-corrected chi connectivity index (χ4v) is 2.25. The molecule has 0 aliphatic heterocycles. The first-order chi connectivity index (χ1) is 9.88. The fourth-order valence-electron chi connectivity index (χ4n) is 2.25. The van der Waals surface area contributed by atoms with Gasteiger partial charge in [-0.25, -0.2) is 0 Å². The zero-order chi connectivity index (χ0) is 14.4. The van der Waals surface area contributed by atoms with Crippen LogP contribution in [0.2, 0.25) is 0 Å². The van der Waals surface area contributed by atoms with Gasteiger partial charge in [-0.05, 0) is 34.0 Å². The Balaban J connectivity index is 0.000000704. The van der Waals surface area contributed by atoms with Gasteiger partial charge in [-0.2, -0.15) is 0 Å². The summed E-state index contributed by atoms with van der Waals surface area (Å²) < 4.78 is 5.19. The maximum Gasteiger partial charge on any atom is 0.118 e. The minimum absolute atomic E-state index is 0.888. The Morgan fingerprint density at radius 3 is 2.05 bits per heavy atom. The molecule has 0 atom stereocenters. The van der Waals surface area contributed by atoms with E-state index in [1.807, 2.05) is 26.0 Å². The quantitative estimate of drug-likeness (QED) is 0.590. The third kappa shape index (κ3) is 2.83. The summed E-state index contributed by atoms with van der Waals surface area (Å²) in [6.45, 7) is 4.00. The number of hydrogen-bond donors (Lipinski definition) is 0. The maximum atomic E-state index is 5.19. The molecule has 0 aliphatic carbocycles. The van der Waals surface area contributed by atoms with Gasteiger partial charge in [-0.15, -0.1) is 0 Å². The van der Waals surface area contributed by atoms with Crippen molar-refractivity contribution < 1.29 is 4.74 Å². The number of rotatable bonds is 2. The molecule has 1 nitrogen and oxygen atoms in total. The molecule has 0 saturated carbocycles. The third-order valence-electron chi connectivity index (χ3n) is 3.19. The van der Waals surface area contributed by atoms with Gasteiger partial charge in [0.15, 0.2) is 0 Å². The normalized spacial score (nSPS) is 9.75. The van der Waals surface area contributed by atoms with Crippen LogP contribution in [0, 0.1) is 0 Å². The van der Waals surface area contributed by atoms with Crippen LogP contribution in [0.3, 0.4) is 0 Å². The molecular formula is C19H20O. The van der Waals surface area contributed by atoms with Gasteiger partial charge in [0.25, 0.3) is 0 Å². The standard InChI is InChI=1S/C17H14O.C2H6/c1-18-15-11-9-14(10-12-15)17-8-4-6-13-5-2-3-7-16(13)17;1-2/h2-12H,1H3;1-2H3. The lowest BCUT2D eigenvalue weighted by Crippen LogP contribution is -1.84. The first kappa shape index (κ1) is 14.1. The molecule has 0 spiro atoms. The van der Waals surface area contributed by atoms with Gasteiger partial charge in [0.05, 0.1) is 7.11 Å². The van der Waals surface area contributed by atoms with E-state index in [4.69, 9.17) is 4.74 Å². The van der Waals surface area contributed by atoms with Crippen molar-refractivity contribution in [1.82, 2.24) is 0 Å². The van der Waals surface area contributed by atoms with Crippen molar-refractivity contribution in [3.8, 4) is 16.9 Å². The highest BCUT2D eigenvalue weighted by Crippen LogP contribution is 2.29. The summed E-state index contributed by atoms with van der Waals surface area (Å²) in [4.78, 5) is 0. The second-order valence-corrected chi connectivity index (χ2v) is 4.26. The molecule has 3 rings (SSSR count). The molecule has 102 valence electrons. The fraction of sp³-hybridized carbons (Fsp3) is 0.158. The van der Waals surface area contributed by atoms with Crippen LogP contribution in [0.1, 0.15) is 13.8 Å². The average Bonchev–Trinajstić information content (AvgIpc) is 2.56. The minimum atomic E-state index is 0.888. The van der Waals surface area contributed by atoms with E-state index in [1.165, 1.54) is 21.9 Å². The van der Waals surface area contributed by atoms with Crippen LogP contribution in [-0.4, -0.2) is 7.11 Å². The average molecular weight is 264 g/mol. The Hall–Kier alpha value is -2.28. The van der Waals surface area contributed by atoms with E-state index >= 15 is 0 Å². The first-order valence-corrected chi connectivity index (χ1v) is 7.01. The zero-order valence-corrected chi connectivity index (χ0v) is 12.3. The number of hydrogen-bond acceptors (Lipinski definition) is 1. The second-order valence-electron chi connectivity index (χ2n) is 4.26. The molecule has 0 aromatic heterocycles. The molecule has 0 bridgehead atoms. The van der Waals surface area contributed by atoms with E-state index in [0.717, 1.165) is 5.75 Å². The van der Waals surface area contributed by atoms with Gasteiger partial charge < -0.3 is 4.74 Å². The number of fused-ring (bicyclic) bond motifs is 1. The van der Waals surface area contributed by atoms with Crippen LogP contribution in [0.25, 0.3) is 21.9 Å². The third-order valence-corrected chi connectivity index (χ3v) is 3.19. The van der Waals surface area contributed by atoms with E-state index in [-0.39, 0.29) is 0 Å². The van der Waals surface area contributed by atoms with Gasteiger partial charge in [-0.1, -0.05) is 68.4 Å². The summed E-state index contributed by atoms with van der Waals surface area (Å²) >= 11 is 0. The summed E-state index contributed by atoms with van der Waals surface area (Å²) in [6, 6.07) is 23.0. The Labute approximate surface area is 120 Å². The molecule has 1 heteroatoms. The largest absolute Gasteiger partial charge is 0.497 e. The number of benzene rings is 3. The van der Waals surface area contributed by atoms with Crippen molar-refractivity contribution in [3.63, 3.8) is 0 Å². The molecule has 0 saturated heterocycles. The molecule has 0 amide bonds. The summed E-state index contributed by atoms with van der Waals surface area (Å²) in [5.74, 6) is 0.888. The van der Waals surface area contributed by atoms with Crippen LogP contribution in [-0.2, 0) is 0 Å². The van der Waals surface area contributed by atoms with Crippen LogP contribution in [0.15, 0.2) is 66.7 Å². The molecule has 0 N–H and O–H groups in total. The van der Waals surface area contributed by atoms with Gasteiger partial charge in [0, 0.05) is 0 Å². The zero-order valence-electron chi connectivity index (χ0n) is 12.3. The van der Waals surface area contributed by atoms with Gasteiger partial charge in [-0.3, -0.25) is 0 Å². The summed E-state index contributed by atoms with van der Waals surface area (Å²) in [7, 11) is 1.69.